The Balaban J connectivity index is 1.44. The summed E-state index contributed by atoms with van der Waals surface area (Å²) in [5.41, 5.74) is 0.854. The Kier molecular flexibility index (Phi) is 5.25. The molecule has 1 saturated heterocycles. The monoisotopic (exact) mass is 416 g/mol. The number of fused-ring (bicyclic) bond motifs is 1. The molecular formula is C19H18F2N6O3. The van der Waals surface area contributed by atoms with Gasteiger partial charge in [-0.15, -0.1) is 5.10 Å². The van der Waals surface area contributed by atoms with E-state index in [0.29, 0.717) is 5.78 Å². The van der Waals surface area contributed by atoms with Crippen molar-refractivity contribution in [1.29, 1.82) is 0 Å². The molecule has 3 heterocycles. The Morgan fingerprint density at radius 1 is 1.03 bits per heavy atom. The molecule has 0 N–H and O–H groups in total. The minimum atomic E-state index is -3.02. The Bertz CT molecular complexity index is 1090. The molecular weight excluding hydrogens is 398 g/mol. The second kappa shape index (κ2) is 8.01. The summed E-state index contributed by atoms with van der Waals surface area (Å²) < 4.78 is 31.1. The molecule has 30 heavy (non-hydrogen) atoms. The number of rotatable bonds is 4. The smallest absolute Gasteiger partial charge is 0.387 e. The fourth-order valence-corrected chi connectivity index (χ4v) is 3.26. The van der Waals surface area contributed by atoms with Crippen LogP contribution in [0.4, 0.5) is 8.78 Å². The summed E-state index contributed by atoms with van der Waals surface area (Å²) in [6.45, 7) is -0.160. The van der Waals surface area contributed by atoms with Gasteiger partial charge in [-0.25, -0.2) is 9.50 Å². The lowest BCUT2D eigenvalue weighted by molar-refractivity contribution is -0.0503. The van der Waals surface area contributed by atoms with Gasteiger partial charge in [0.15, 0.2) is 0 Å². The minimum Gasteiger partial charge on any atom is -0.434 e. The van der Waals surface area contributed by atoms with Crippen LogP contribution in [0, 0.1) is 6.92 Å². The number of halogens is 2. The van der Waals surface area contributed by atoms with E-state index in [1.54, 1.807) is 23.2 Å². The molecule has 0 aliphatic carbocycles. The first kappa shape index (κ1) is 19.7. The number of carbonyl (C=O) groups is 2. The third-order valence-corrected chi connectivity index (χ3v) is 4.81. The van der Waals surface area contributed by atoms with Crippen LogP contribution >= 0.6 is 0 Å². The standard InChI is InChI=1S/C19H18F2N6O3/c1-12-6-7-22-19-23-15(24-27(12)19)17(29)26-10-8-25(9-11-26)16(28)13-4-2-3-5-14(13)30-18(20)21/h2-7,18H,8-11H2,1H3. The number of amides is 2. The zero-order chi connectivity index (χ0) is 21.3. The lowest BCUT2D eigenvalue weighted by atomic mass is 10.1. The van der Waals surface area contributed by atoms with E-state index in [2.05, 4.69) is 19.8 Å². The topological polar surface area (TPSA) is 92.9 Å². The minimum absolute atomic E-state index is 0.0345. The van der Waals surface area contributed by atoms with Gasteiger partial charge in [-0.3, -0.25) is 9.59 Å². The summed E-state index contributed by atoms with van der Waals surface area (Å²) in [6.07, 6.45) is 1.59. The number of hydrogen-bond acceptors (Lipinski definition) is 6. The van der Waals surface area contributed by atoms with E-state index < -0.39 is 12.5 Å². The predicted octanol–water partition coefficient (Wildman–Crippen LogP) is 1.63. The van der Waals surface area contributed by atoms with Crippen molar-refractivity contribution in [2.45, 2.75) is 13.5 Å². The van der Waals surface area contributed by atoms with Crippen LogP contribution in [-0.4, -0.2) is 74.0 Å². The summed E-state index contributed by atoms with van der Waals surface area (Å²) in [5, 5.41) is 4.21. The fourth-order valence-electron chi connectivity index (χ4n) is 3.26. The van der Waals surface area contributed by atoms with Gasteiger partial charge in [-0.1, -0.05) is 12.1 Å². The maximum absolute atomic E-state index is 12.8. The van der Waals surface area contributed by atoms with Crippen LogP contribution in [0.25, 0.3) is 5.78 Å². The van der Waals surface area contributed by atoms with Crippen molar-refractivity contribution in [2.75, 3.05) is 26.2 Å². The third-order valence-electron chi connectivity index (χ3n) is 4.81. The quantitative estimate of drug-likeness (QED) is 0.642. The molecule has 1 aromatic carbocycles. The van der Waals surface area contributed by atoms with Crippen LogP contribution in [0.2, 0.25) is 0 Å². The van der Waals surface area contributed by atoms with Gasteiger partial charge in [0, 0.05) is 38.1 Å². The van der Waals surface area contributed by atoms with Crippen molar-refractivity contribution in [2.24, 2.45) is 0 Å². The van der Waals surface area contributed by atoms with Crippen molar-refractivity contribution in [3.8, 4) is 5.75 Å². The first-order valence-electron chi connectivity index (χ1n) is 9.25. The number of aromatic nitrogens is 4. The second-order valence-corrected chi connectivity index (χ2v) is 6.69. The molecule has 11 heteroatoms. The molecule has 0 saturated carbocycles. The Hall–Kier alpha value is -3.63. The number of benzene rings is 1. The zero-order valence-electron chi connectivity index (χ0n) is 16.0. The van der Waals surface area contributed by atoms with E-state index in [9.17, 15) is 18.4 Å². The Morgan fingerprint density at radius 2 is 1.70 bits per heavy atom. The van der Waals surface area contributed by atoms with Crippen molar-refractivity contribution in [1.82, 2.24) is 29.4 Å². The molecule has 0 spiro atoms. The molecule has 1 aliphatic rings. The van der Waals surface area contributed by atoms with Crippen LogP contribution in [0.3, 0.4) is 0 Å². The van der Waals surface area contributed by atoms with E-state index >= 15 is 0 Å². The van der Waals surface area contributed by atoms with Crippen LogP contribution < -0.4 is 4.74 Å². The lowest BCUT2D eigenvalue weighted by Crippen LogP contribution is -2.50. The largest absolute Gasteiger partial charge is 0.434 e. The molecule has 4 rings (SSSR count). The SMILES string of the molecule is Cc1ccnc2nc(C(=O)N3CCN(C(=O)c4ccccc4OC(F)F)CC3)nn12. The molecule has 3 aromatic rings. The normalized spacial score (nSPS) is 14.4. The Labute approximate surface area is 169 Å². The molecule has 0 bridgehead atoms. The van der Waals surface area contributed by atoms with E-state index in [-0.39, 0.29) is 49.2 Å². The number of hydrogen-bond donors (Lipinski definition) is 0. The second-order valence-electron chi connectivity index (χ2n) is 6.69. The third kappa shape index (κ3) is 3.78. The van der Waals surface area contributed by atoms with Crippen LogP contribution in [0.15, 0.2) is 36.5 Å². The van der Waals surface area contributed by atoms with Crippen molar-refractivity contribution < 1.29 is 23.1 Å². The highest BCUT2D eigenvalue weighted by molar-refractivity contribution is 5.97. The van der Waals surface area contributed by atoms with Crippen LogP contribution in [0.1, 0.15) is 26.7 Å². The molecule has 0 atom stereocenters. The van der Waals surface area contributed by atoms with Gasteiger partial charge in [0.05, 0.1) is 5.56 Å². The summed E-state index contributed by atoms with van der Waals surface area (Å²) in [6, 6.07) is 7.62. The highest BCUT2D eigenvalue weighted by Crippen LogP contribution is 2.22. The van der Waals surface area contributed by atoms with E-state index in [0.717, 1.165) is 5.69 Å². The van der Waals surface area contributed by atoms with Gasteiger partial charge in [-0.2, -0.15) is 13.8 Å². The first-order valence-corrected chi connectivity index (χ1v) is 9.25. The number of alkyl halides is 2. The van der Waals surface area contributed by atoms with E-state index in [1.807, 2.05) is 6.92 Å². The number of para-hydroxylation sites is 1. The average molecular weight is 416 g/mol. The van der Waals surface area contributed by atoms with Crippen molar-refractivity contribution >= 4 is 17.6 Å². The zero-order valence-corrected chi connectivity index (χ0v) is 16.0. The highest BCUT2D eigenvalue weighted by Gasteiger charge is 2.29. The molecule has 0 unspecified atom stereocenters. The summed E-state index contributed by atoms with van der Waals surface area (Å²) in [5.74, 6) is -0.583. The van der Waals surface area contributed by atoms with Crippen molar-refractivity contribution in [3.63, 3.8) is 0 Å². The number of ether oxygens (including phenoxy) is 1. The molecule has 9 nitrogen and oxygen atoms in total. The highest BCUT2D eigenvalue weighted by atomic mass is 19.3. The van der Waals surface area contributed by atoms with Gasteiger partial charge < -0.3 is 14.5 Å². The number of carbonyl (C=O) groups excluding carboxylic acids is 2. The Morgan fingerprint density at radius 3 is 2.37 bits per heavy atom. The maximum atomic E-state index is 12.8. The van der Waals surface area contributed by atoms with Crippen LogP contribution in [0.5, 0.6) is 5.75 Å². The molecule has 1 fully saturated rings. The number of piperazine rings is 1. The van der Waals surface area contributed by atoms with Gasteiger partial charge in [0.2, 0.25) is 5.82 Å². The molecule has 156 valence electrons. The number of aryl methyl sites for hydroxylation is 1. The summed E-state index contributed by atoms with van der Waals surface area (Å²) >= 11 is 0. The molecule has 1 aliphatic heterocycles. The molecule has 0 radical (unpaired) electrons. The van der Waals surface area contributed by atoms with E-state index in [4.69, 9.17) is 0 Å². The molecule has 2 amide bonds. The fraction of sp³-hybridized carbons (Fsp3) is 0.316. The summed E-state index contributed by atoms with van der Waals surface area (Å²) in [7, 11) is 0. The average Bonchev–Trinajstić information content (AvgIpc) is 3.19. The predicted molar refractivity (Wildman–Crippen MR) is 100 cm³/mol. The summed E-state index contributed by atoms with van der Waals surface area (Å²) in [4.78, 5) is 36.8. The number of nitrogens with zero attached hydrogens (tertiary/aromatic N) is 6. The van der Waals surface area contributed by atoms with Crippen molar-refractivity contribution in [3.05, 3.63) is 53.6 Å². The van der Waals surface area contributed by atoms with Crippen LogP contribution in [-0.2, 0) is 0 Å². The van der Waals surface area contributed by atoms with Gasteiger partial charge in [0.1, 0.15) is 5.75 Å². The first-order chi connectivity index (χ1) is 14.4. The maximum Gasteiger partial charge on any atom is 0.387 e. The van der Waals surface area contributed by atoms with Gasteiger partial charge >= 0.3 is 6.61 Å². The van der Waals surface area contributed by atoms with Gasteiger partial charge in [0.25, 0.3) is 17.6 Å². The lowest BCUT2D eigenvalue weighted by Gasteiger charge is -2.34. The van der Waals surface area contributed by atoms with E-state index in [1.165, 1.54) is 27.6 Å². The molecule has 2 aromatic heterocycles. The van der Waals surface area contributed by atoms with Gasteiger partial charge in [-0.05, 0) is 25.1 Å².